The van der Waals surface area contributed by atoms with Gasteiger partial charge >= 0.3 is 0 Å². The number of rotatable bonds is 6. The van der Waals surface area contributed by atoms with Crippen molar-refractivity contribution >= 4 is 17.5 Å². The van der Waals surface area contributed by atoms with Crippen LogP contribution in [0.2, 0.25) is 5.02 Å². The Labute approximate surface area is 138 Å². The molecule has 0 heterocycles. The van der Waals surface area contributed by atoms with Gasteiger partial charge in [-0.3, -0.25) is 4.79 Å². The fraction of sp³-hybridized carbons (Fsp3) is 0.611. The summed E-state index contributed by atoms with van der Waals surface area (Å²) in [4.78, 5) is 12.8. The Morgan fingerprint density at radius 2 is 1.95 bits per heavy atom. The maximum Gasteiger partial charge on any atom is 0.230 e. The monoisotopic (exact) mass is 323 g/mol. The average Bonchev–Trinajstić information content (AvgIpc) is 2.36. The van der Waals surface area contributed by atoms with Gasteiger partial charge in [-0.25, -0.2) is 0 Å². The zero-order valence-corrected chi connectivity index (χ0v) is 14.4. The summed E-state index contributed by atoms with van der Waals surface area (Å²) in [5.74, 6) is 0.0970. The molecular weight excluding hydrogens is 298 g/mol. The molecule has 0 saturated heterocycles. The molecule has 1 atom stereocenters. The lowest BCUT2D eigenvalue weighted by molar-refractivity contribution is -0.130. The SMILES string of the molecule is CC(O)CC(C)(C)CNC(=O)C1(c2ccc(Cl)cc2)CCC1. The van der Waals surface area contributed by atoms with Crippen molar-refractivity contribution in [3.8, 4) is 0 Å². The summed E-state index contributed by atoms with van der Waals surface area (Å²) < 4.78 is 0. The van der Waals surface area contributed by atoms with Crippen molar-refractivity contribution in [3.63, 3.8) is 0 Å². The Bertz CT molecular complexity index is 518. The van der Waals surface area contributed by atoms with Gasteiger partial charge in [-0.05, 0) is 49.3 Å². The normalized spacial score (nSPS) is 18.4. The van der Waals surface area contributed by atoms with Gasteiger partial charge in [0.1, 0.15) is 0 Å². The first kappa shape index (κ1) is 17.3. The molecule has 1 fully saturated rings. The number of hydrogen-bond acceptors (Lipinski definition) is 2. The van der Waals surface area contributed by atoms with Gasteiger partial charge in [-0.15, -0.1) is 0 Å². The molecule has 0 aliphatic heterocycles. The number of hydrogen-bond donors (Lipinski definition) is 2. The molecule has 1 amide bonds. The van der Waals surface area contributed by atoms with Crippen LogP contribution in [0.25, 0.3) is 0 Å². The Balaban J connectivity index is 2.05. The molecule has 122 valence electrons. The molecule has 1 aliphatic rings. The highest BCUT2D eigenvalue weighted by Crippen LogP contribution is 2.44. The highest BCUT2D eigenvalue weighted by molar-refractivity contribution is 6.30. The molecule has 3 nitrogen and oxygen atoms in total. The Morgan fingerprint density at radius 1 is 1.36 bits per heavy atom. The van der Waals surface area contributed by atoms with E-state index in [0.717, 1.165) is 24.8 Å². The van der Waals surface area contributed by atoms with Crippen molar-refractivity contribution in [2.75, 3.05) is 6.54 Å². The number of halogens is 1. The number of carbonyl (C=O) groups excluding carboxylic acids is 1. The molecule has 22 heavy (non-hydrogen) atoms. The van der Waals surface area contributed by atoms with Crippen LogP contribution in [0.4, 0.5) is 0 Å². The van der Waals surface area contributed by atoms with E-state index in [9.17, 15) is 9.90 Å². The largest absolute Gasteiger partial charge is 0.393 e. The summed E-state index contributed by atoms with van der Waals surface area (Å²) in [6, 6.07) is 7.62. The number of carbonyl (C=O) groups is 1. The molecule has 1 unspecified atom stereocenters. The summed E-state index contributed by atoms with van der Waals surface area (Å²) in [7, 11) is 0. The summed E-state index contributed by atoms with van der Waals surface area (Å²) in [5.41, 5.74) is 0.536. The first-order valence-electron chi connectivity index (χ1n) is 7.98. The van der Waals surface area contributed by atoms with Gasteiger partial charge in [-0.2, -0.15) is 0 Å². The van der Waals surface area contributed by atoms with Crippen molar-refractivity contribution < 1.29 is 9.90 Å². The fourth-order valence-corrected chi connectivity index (χ4v) is 3.43. The van der Waals surface area contributed by atoms with Crippen LogP contribution in [0, 0.1) is 5.41 Å². The van der Waals surface area contributed by atoms with E-state index in [0.29, 0.717) is 18.0 Å². The highest BCUT2D eigenvalue weighted by Gasteiger charge is 2.45. The molecule has 4 heteroatoms. The second kappa shape index (κ2) is 6.59. The predicted molar refractivity (Wildman–Crippen MR) is 90.1 cm³/mol. The first-order valence-corrected chi connectivity index (χ1v) is 8.35. The average molecular weight is 324 g/mol. The van der Waals surface area contributed by atoms with Gasteiger partial charge in [0.15, 0.2) is 0 Å². The minimum Gasteiger partial charge on any atom is -0.393 e. The van der Waals surface area contributed by atoms with Crippen LogP contribution in [-0.2, 0) is 10.2 Å². The molecule has 1 aromatic rings. The summed E-state index contributed by atoms with van der Waals surface area (Å²) in [6.07, 6.45) is 3.16. The smallest absolute Gasteiger partial charge is 0.230 e. The van der Waals surface area contributed by atoms with Gasteiger partial charge in [0, 0.05) is 11.6 Å². The van der Waals surface area contributed by atoms with Crippen LogP contribution in [0.5, 0.6) is 0 Å². The molecule has 2 rings (SSSR count). The highest BCUT2D eigenvalue weighted by atomic mass is 35.5. The third-order valence-electron chi connectivity index (χ3n) is 4.61. The van der Waals surface area contributed by atoms with Crippen LogP contribution in [0.15, 0.2) is 24.3 Å². The predicted octanol–water partition coefficient (Wildman–Crippen LogP) is 3.68. The van der Waals surface area contributed by atoms with E-state index in [1.54, 1.807) is 6.92 Å². The van der Waals surface area contributed by atoms with Crippen molar-refractivity contribution in [1.82, 2.24) is 5.32 Å². The molecule has 1 aliphatic carbocycles. The topological polar surface area (TPSA) is 49.3 Å². The Morgan fingerprint density at radius 3 is 2.41 bits per heavy atom. The number of aliphatic hydroxyl groups is 1. The lowest BCUT2D eigenvalue weighted by Gasteiger charge is -2.41. The van der Waals surface area contributed by atoms with Crippen molar-refractivity contribution in [1.29, 1.82) is 0 Å². The molecule has 0 bridgehead atoms. The fourth-order valence-electron chi connectivity index (χ4n) is 3.31. The third kappa shape index (κ3) is 3.82. The van der Waals surface area contributed by atoms with E-state index < -0.39 is 5.41 Å². The van der Waals surface area contributed by atoms with Gasteiger partial charge in [0.2, 0.25) is 5.91 Å². The zero-order valence-electron chi connectivity index (χ0n) is 13.7. The third-order valence-corrected chi connectivity index (χ3v) is 4.87. The second-order valence-electron chi connectivity index (χ2n) is 7.34. The van der Waals surface area contributed by atoms with Gasteiger partial charge in [0.05, 0.1) is 11.5 Å². The standard InChI is InChI=1S/C18H26ClNO2/c1-13(21)11-17(2,3)12-20-16(22)18(9-4-10-18)14-5-7-15(19)8-6-14/h5-8,13,21H,4,9-12H2,1-3H3,(H,20,22). The second-order valence-corrected chi connectivity index (χ2v) is 7.78. The van der Waals surface area contributed by atoms with Gasteiger partial charge in [0.25, 0.3) is 0 Å². The van der Waals surface area contributed by atoms with Crippen LogP contribution >= 0.6 is 11.6 Å². The minimum absolute atomic E-state index is 0.0970. The van der Waals surface area contributed by atoms with E-state index in [-0.39, 0.29) is 17.4 Å². The molecule has 1 saturated carbocycles. The molecule has 0 aromatic heterocycles. The van der Waals surface area contributed by atoms with Crippen LogP contribution in [-0.4, -0.2) is 23.7 Å². The Hall–Kier alpha value is -1.06. The van der Waals surface area contributed by atoms with Crippen LogP contribution < -0.4 is 5.32 Å². The number of amides is 1. The molecule has 0 spiro atoms. The van der Waals surface area contributed by atoms with Crippen molar-refractivity contribution in [3.05, 3.63) is 34.9 Å². The van der Waals surface area contributed by atoms with E-state index >= 15 is 0 Å². The van der Waals surface area contributed by atoms with Crippen molar-refractivity contribution in [2.45, 2.75) is 58.0 Å². The van der Waals surface area contributed by atoms with Gasteiger partial charge in [-0.1, -0.05) is 44.0 Å². The molecule has 1 aromatic carbocycles. The summed E-state index contributed by atoms with van der Waals surface area (Å²) >= 11 is 5.95. The first-order chi connectivity index (χ1) is 10.3. The maximum absolute atomic E-state index is 12.8. The molecular formula is C18H26ClNO2. The van der Waals surface area contributed by atoms with E-state index in [2.05, 4.69) is 19.2 Å². The van der Waals surface area contributed by atoms with Gasteiger partial charge < -0.3 is 10.4 Å². The van der Waals surface area contributed by atoms with Crippen molar-refractivity contribution in [2.24, 2.45) is 5.41 Å². The van der Waals surface area contributed by atoms with E-state index in [4.69, 9.17) is 11.6 Å². The number of nitrogens with one attached hydrogen (secondary N) is 1. The summed E-state index contributed by atoms with van der Waals surface area (Å²) in [5, 5.41) is 13.3. The molecule has 0 radical (unpaired) electrons. The van der Waals surface area contributed by atoms with E-state index in [1.165, 1.54) is 0 Å². The van der Waals surface area contributed by atoms with Crippen LogP contribution in [0.3, 0.4) is 0 Å². The Kier molecular flexibility index (Phi) is 5.18. The van der Waals surface area contributed by atoms with E-state index in [1.807, 2.05) is 24.3 Å². The van der Waals surface area contributed by atoms with Crippen LogP contribution in [0.1, 0.15) is 52.0 Å². The number of aliphatic hydroxyl groups excluding tert-OH is 1. The zero-order chi connectivity index (χ0) is 16.4. The lowest BCUT2D eigenvalue weighted by Crippen LogP contribution is -2.51. The minimum atomic E-state index is -0.397. The quantitative estimate of drug-likeness (QED) is 0.839. The lowest BCUT2D eigenvalue weighted by atomic mass is 9.63. The summed E-state index contributed by atoms with van der Waals surface area (Å²) in [6.45, 7) is 6.49. The maximum atomic E-state index is 12.8. The number of benzene rings is 1. The molecule has 2 N–H and O–H groups in total.